The molecule has 23 heavy (non-hydrogen) atoms. The van der Waals surface area contributed by atoms with Crippen LogP contribution in [0.15, 0.2) is 24.5 Å². The fraction of sp³-hybridized carbons (Fsp3) is 0.438. The van der Waals surface area contributed by atoms with Crippen LogP contribution in [0, 0.1) is 6.92 Å². The number of anilines is 1. The van der Waals surface area contributed by atoms with E-state index in [1.54, 1.807) is 17.3 Å². The SMILES string of the molecule is Cc1ncc(C(=O)N2CC[C@H](Oc3cccnc3N(C)C)C2)[nH]1. The third kappa shape index (κ3) is 3.28. The van der Waals surface area contributed by atoms with Crippen LogP contribution in [0.5, 0.6) is 5.75 Å². The van der Waals surface area contributed by atoms with Crippen molar-refractivity contribution in [3.8, 4) is 5.75 Å². The largest absolute Gasteiger partial charge is 0.485 e. The van der Waals surface area contributed by atoms with Crippen LogP contribution in [-0.2, 0) is 0 Å². The summed E-state index contributed by atoms with van der Waals surface area (Å²) in [6, 6.07) is 3.76. The molecule has 2 aromatic rings. The predicted octanol–water partition coefficient (Wildman–Crippen LogP) is 1.47. The number of carbonyl (C=O) groups is 1. The van der Waals surface area contributed by atoms with Gasteiger partial charge in [0.15, 0.2) is 11.6 Å². The lowest BCUT2D eigenvalue weighted by Crippen LogP contribution is -2.31. The van der Waals surface area contributed by atoms with E-state index in [0.717, 1.165) is 23.8 Å². The second kappa shape index (κ2) is 6.28. The van der Waals surface area contributed by atoms with Gasteiger partial charge in [-0.3, -0.25) is 4.79 Å². The second-order valence-corrected chi connectivity index (χ2v) is 5.88. The quantitative estimate of drug-likeness (QED) is 0.925. The number of hydrogen-bond donors (Lipinski definition) is 1. The van der Waals surface area contributed by atoms with Gasteiger partial charge in [-0.25, -0.2) is 9.97 Å². The molecule has 0 radical (unpaired) electrons. The topological polar surface area (TPSA) is 74.4 Å². The van der Waals surface area contributed by atoms with Crippen molar-refractivity contribution in [2.24, 2.45) is 0 Å². The van der Waals surface area contributed by atoms with Crippen molar-refractivity contribution in [3.63, 3.8) is 0 Å². The first-order chi connectivity index (χ1) is 11.0. The van der Waals surface area contributed by atoms with Crippen LogP contribution in [0.2, 0.25) is 0 Å². The maximum atomic E-state index is 12.4. The molecule has 7 nitrogen and oxygen atoms in total. The summed E-state index contributed by atoms with van der Waals surface area (Å²) in [5.74, 6) is 2.25. The number of likely N-dealkylation sites (tertiary alicyclic amines) is 1. The Morgan fingerprint density at radius 1 is 1.43 bits per heavy atom. The number of aromatic nitrogens is 3. The first-order valence-electron chi connectivity index (χ1n) is 7.64. The zero-order valence-corrected chi connectivity index (χ0v) is 13.6. The molecule has 0 aromatic carbocycles. The molecule has 0 unspecified atom stereocenters. The Labute approximate surface area is 135 Å². The molecule has 0 aliphatic carbocycles. The molecule has 3 heterocycles. The number of rotatable bonds is 4. The number of nitrogens with one attached hydrogen (secondary N) is 1. The Balaban J connectivity index is 1.65. The van der Waals surface area contributed by atoms with E-state index >= 15 is 0 Å². The second-order valence-electron chi connectivity index (χ2n) is 5.88. The monoisotopic (exact) mass is 315 g/mol. The van der Waals surface area contributed by atoms with Crippen molar-refractivity contribution in [2.45, 2.75) is 19.4 Å². The molecule has 1 saturated heterocycles. The van der Waals surface area contributed by atoms with E-state index in [1.165, 1.54) is 0 Å². The summed E-state index contributed by atoms with van der Waals surface area (Å²) in [7, 11) is 3.86. The number of pyridine rings is 1. The number of nitrogens with zero attached hydrogens (tertiary/aromatic N) is 4. The van der Waals surface area contributed by atoms with Crippen LogP contribution in [0.25, 0.3) is 0 Å². The van der Waals surface area contributed by atoms with Crippen LogP contribution in [0.4, 0.5) is 5.82 Å². The molecule has 1 atom stereocenters. The number of ether oxygens (including phenoxy) is 1. The lowest BCUT2D eigenvalue weighted by atomic mass is 10.3. The molecular formula is C16H21N5O2. The van der Waals surface area contributed by atoms with E-state index in [0.29, 0.717) is 18.8 Å². The van der Waals surface area contributed by atoms with E-state index in [2.05, 4.69) is 15.0 Å². The van der Waals surface area contributed by atoms with E-state index < -0.39 is 0 Å². The third-order valence-electron chi connectivity index (χ3n) is 3.83. The van der Waals surface area contributed by atoms with Crippen LogP contribution in [0.1, 0.15) is 22.7 Å². The first kappa shape index (κ1) is 15.3. The van der Waals surface area contributed by atoms with Gasteiger partial charge >= 0.3 is 0 Å². The van der Waals surface area contributed by atoms with Crippen LogP contribution < -0.4 is 9.64 Å². The number of carbonyl (C=O) groups excluding carboxylic acids is 1. The fourth-order valence-electron chi connectivity index (χ4n) is 2.70. The number of imidazole rings is 1. The molecule has 1 aliphatic rings. The van der Waals surface area contributed by atoms with Gasteiger partial charge in [0.25, 0.3) is 5.91 Å². The average molecular weight is 315 g/mol. The minimum absolute atomic E-state index is 0.0223. The van der Waals surface area contributed by atoms with Gasteiger partial charge in [-0.1, -0.05) is 0 Å². The Morgan fingerprint density at radius 2 is 2.26 bits per heavy atom. The van der Waals surface area contributed by atoms with Gasteiger partial charge in [0.05, 0.1) is 12.7 Å². The van der Waals surface area contributed by atoms with Gasteiger partial charge in [-0.15, -0.1) is 0 Å². The van der Waals surface area contributed by atoms with Gasteiger partial charge in [0.1, 0.15) is 17.6 Å². The van der Waals surface area contributed by atoms with Crippen molar-refractivity contribution in [3.05, 3.63) is 36.0 Å². The summed E-state index contributed by atoms with van der Waals surface area (Å²) in [5, 5.41) is 0. The number of aryl methyl sites for hydroxylation is 1. The molecule has 3 rings (SSSR count). The summed E-state index contributed by atoms with van der Waals surface area (Å²) >= 11 is 0. The number of H-pyrrole nitrogens is 1. The highest BCUT2D eigenvalue weighted by Crippen LogP contribution is 2.27. The van der Waals surface area contributed by atoms with Crippen LogP contribution >= 0.6 is 0 Å². The van der Waals surface area contributed by atoms with Gasteiger partial charge in [-0.2, -0.15) is 0 Å². The zero-order valence-electron chi connectivity index (χ0n) is 13.6. The van der Waals surface area contributed by atoms with Crippen molar-refractivity contribution < 1.29 is 9.53 Å². The van der Waals surface area contributed by atoms with Gasteiger partial charge < -0.3 is 19.5 Å². The summed E-state index contributed by atoms with van der Waals surface area (Å²) < 4.78 is 6.07. The minimum atomic E-state index is -0.0317. The normalized spacial score (nSPS) is 17.3. The van der Waals surface area contributed by atoms with E-state index in [4.69, 9.17) is 4.74 Å². The first-order valence-corrected chi connectivity index (χ1v) is 7.64. The molecule has 7 heteroatoms. The number of amides is 1. The Hall–Kier alpha value is -2.57. The molecule has 0 saturated carbocycles. The van der Waals surface area contributed by atoms with Gasteiger partial charge in [-0.05, 0) is 19.1 Å². The maximum absolute atomic E-state index is 12.4. The highest BCUT2D eigenvalue weighted by molar-refractivity contribution is 5.92. The molecule has 1 fully saturated rings. The van der Waals surface area contributed by atoms with Crippen molar-refractivity contribution in [1.82, 2.24) is 19.9 Å². The Kier molecular flexibility index (Phi) is 4.18. The number of hydrogen-bond acceptors (Lipinski definition) is 5. The summed E-state index contributed by atoms with van der Waals surface area (Å²) in [4.78, 5) is 27.5. The molecule has 2 aromatic heterocycles. The fourth-order valence-corrected chi connectivity index (χ4v) is 2.70. The predicted molar refractivity (Wildman–Crippen MR) is 86.8 cm³/mol. The number of aromatic amines is 1. The van der Waals surface area contributed by atoms with Crippen LogP contribution in [0.3, 0.4) is 0 Å². The van der Waals surface area contributed by atoms with Crippen molar-refractivity contribution in [2.75, 3.05) is 32.1 Å². The maximum Gasteiger partial charge on any atom is 0.272 e. The third-order valence-corrected chi connectivity index (χ3v) is 3.83. The lowest BCUT2D eigenvalue weighted by molar-refractivity contribution is 0.0767. The highest BCUT2D eigenvalue weighted by atomic mass is 16.5. The summed E-state index contributed by atoms with van der Waals surface area (Å²) in [6.07, 6.45) is 4.11. The molecule has 0 bridgehead atoms. The molecule has 1 N–H and O–H groups in total. The molecule has 1 amide bonds. The summed E-state index contributed by atoms with van der Waals surface area (Å²) in [6.45, 7) is 3.08. The van der Waals surface area contributed by atoms with Gasteiger partial charge in [0.2, 0.25) is 0 Å². The lowest BCUT2D eigenvalue weighted by Gasteiger charge is -2.20. The standard InChI is InChI=1S/C16H21N5O2/c1-11-18-9-13(19-11)16(22)21-8-6-12(10-21)23-14-5-4-7-17-15(14)20(2)3/h4-5,7,9,12H,6,8,10H2,1-3H3,(H,18,19)/t12-/m0/s1. The smallest absolute Gasteiger partial charge is 0.272 e. The zero-order chi connectivity index (χ0) is 16.4. The van der Waals surface area contributed by atoms with Gasteiger partial charge in [0, 0.05) is 33.3 Å². The van der Waals surface area contributed by atoms with Crippen molar-refractivity contribution in [1.29, 1.82) is 0 Å². The molecule has 1 aliphatic heterocycles. The average Bonchev–Trinajstić information content (AvgIpc) is 3.16. The molecular weight excluding hydrogens is 294 g/mol. The molecule has 0 spiro atoms. The van der Waals surface area contributed by atoms with Crippen LogP contribution in [-0.4, -0.2) is 59.0 Å². The Morgan fingerprint density at radius 3 is 2.96 bits per heavy atom. The van der Waals surface area contributed by atoms with E-state index in [1.807, 2.05) is 38.1 Å². The Bertz CT molecular complexity index is 697. The minimum Gasteiger partial charge on any atom is -0.485 e. The van der Waals surface area contributed by atoms with Crippen molar-refractivity contribution >= 4 is 11.7 Å². The summed E-state index contributed by atoms with van der Waals surface area (Å²) in [5.41, 5.74) is 0.526. The highest BCUT2D eigenvalue weighted by Gasteiger charge is 2.29. The molecule has 122 valence electrons. The van der Waals surface area contributed by atoms with E-state index in [-0.39, 0.29) is 12.0 Å². The van der Waals surface area contributed by atoms with E-state index in [9.17, 15) is 4.79 Å².